The highest BCUT2D eigenvalue weighted by atomic mass is 35.5. The lowest BCUT2D eigenvalue weighted by molar-refractivity contribution is -0.140. The van der Waals surface area contributed by atoms with Crippen molar-refractivity contribution in [2.75, 3.05) is 7.11 Å². The molecule has 5 nitrogen and oxygen atoms in total. The number of rotatable bonds is 5. The van der Waals surface area contributed by atoms with E-state index < -0.39 is 11.9 Å². The summed E-state index contributed by atoms with van der Waals surface area (Å²) in [6, 6.07) is 14.7. The van der Waals surface area contributed by atoms with Crippen molar-refractivity contribution in [1.82, 2.24) is 5.32 Å². The highest BCUT2D eigenvalue weighted by Gasteiger charge is 2.43. The van der Waals surface area contributed by atoms with Crippen molar-refractivity contribution in [2.45, 2.75) is 46.1 Å². The molecule has 33 heavy (non-hydrogen) atoms. The molecule has 2 aliphatic rings. The van der Waals surface area contributed by atoms with Gasteiger partial charge in [-0.05, 0) is 54.2 Å². The Hall–Kier alpha value is -3.05. The first-order valence-electron chi connectivity index (χ1n) is 11.0. The van der Waals surface area contributed by atoms with Crippen LogP contribution in [-0.2, 0) is 20.9 Å². The number of carbonyl (C=O) groups is 2. The maximum Gasteiger partial charge on any atom is 0.337 e. The van der Waals surface area contributed by atoms with Crippen LogP contribution in [0.5, 0.6) is 5.75 Å². The lowest BCUT2D eigenvalue weighted by atomic mass is 9.68. The summed E-state index contributed by atoms with van der Waals surface area (Å²) < 4.78 is 10.9. The van der Waals surface area contributed by atoms with Gasteiger partial charge in [0.15, 0.2) is 5.78 Å². The van der Waals surface area contributed by atoms with Gasteiger partial charge in [-0.2, -0.15) is 0 Å². The van der Waals surface area contributed by atoms with Gasteiger partial charge >= 0.3 is 5.97 Å². The van der Waals surface area contributed by atoms with Gasteiger partial charge in [0.1, 0.15) is 12.4 Å². The van der Waals surface area contributed by atoms with Crippen LogP contribution in [0, 0.1) is 5.41 Å². The molecule has 4 rings (SSSR count). The van der Waals surface area contributed by atoms with E-state index in [1.807, 2.05) is 43.3 Å². The zero-order valence-electron chi connectivity index (χ0n) is 19.3. The summed E-state index contributed by atoms with van der Waals surface area (Å²) in [7, 11) is 1.61. The van der Waals surface area contributed by atoms with Crippen molar-refractivity contribution >= 4 is 23.4 Å². The zero-order chi connectivity index (χ0) is 23.8. The van der Waals surface area contributed by atoms with E-state index in [1.165, 1.54) is 0 Å². The second-order valence-corrected chi connectivity index (χ2v) is 9.84. The Labute approximate surface area is 199 Å². The molecule has 0 spiro atoms. The largest absolute Gasteiger partial charge is 0.497 e. The van der Waals surface area contributed by atoms with Crippen molar-refractivity contribution in [3.8, 4) is 5.75 Å². The maximum absolute atomic E-state index is 13.4. The van der Waals surface area contributed by atoms with E-state index in [1.54, 1.807) is 19.2 Å². The van der Waals surface area contributed by atoms with E-state index in [-0.39, 0.29) is 17.8 Å². The normalized spacial score (nSPS) is 19.7. The van der Waals surface area contributed by atoms with Gasteiger partial charge < -0.3 is 14.8 Å². The Morgan fingerprint density at radius 2 is 1.76 bits per heavy atom. The van der Waals surface area contributed by atoms with Crippen LogP contribution in [0.25, 0.3) is 0 Å². The van der Waals surface area contributed by atoms with Crippen LogP contribution in [0.1, 0.15) is 50.7 Å². The highest BCUT2D eigenvalue weighted by molar-refractivity contribution is 6.30. The number of dihydropyridines is 1. The fourth-order valence-electron chi connectivity index (χ4n) is 4.64. The molecule has 0 fully saturated rings. The van der Waals surface area contributed by atoms with E-state index in [0.717, 1.165) is 29.0 Å². The fraction of sp³-hybridized carbons (Fsp3) is 0.333. The summed E-state index contributed by atoms with van der Waals surface area (Å²) in [6.45, 7) is 6.17. The SMILES string of the molecule is COc1ccc(COC(=O)C2=C(C)NC3=C(C(=O)CC(C)(C)C3)C2c2ccc(Cl)cc2)cc1. The minimum absolute atomic E-state index is 0.0571. The van der Waals surface area contributed by atoms with E-state index in [9.17, 15) is 9.59 Å². The van der Waals surface area contributed by atoms with E-state index >= 15 is 0 Å². The number of Topliss-reactive ketones (excluding diaryl/α,β-unsaturated/α-hetero) is 1. The third-order valence-electron chi connectivity index (χ3n) is 6.19. The molecule has 1 N–H and O–H groups in total. The average molecular weight is 466 g/mol. The van der Waals surface area contributed by atoms with Gasteiger partial charge in [-0.25, -0.2) is 4.79 Å². The Bertz CT molecular complexity index is 1140. The molecule has 172 valence electrons. The van der Waals surface area contributed by atoms with Crippen molar-refractivity contribution in [3.05, 3.63) is 87.2 Å². The van der Waals surface area contributed by atoms with Gasteiger partial charge in [0.05, 0.1) is 12.7 Å². The Morgan fingerprint density at radius 1 is 1.09 bits per heavy atom. The van der Waals surface area contributed by atoms with Crippen LogP contribution in [0.3, 0.4) is 0 Å². The second-order valence-electron chi connectivity index (χ2n) is 9.41. The summed E-state index contributed by atoms with van der Waals surface area (Å²) in [6.07, 6.45) is 1.18. The number of hydrogen-bond acceptors (Lipinski definition) is 5. The molecule has 0 bridgehead atoms. The smallest absolute Gasteiger partial charge is 0.337 e. The Balaban J connectivity index is 1.68. The number of nitrogens with one attached hydrogen (secondary N) is 1. The first kappa shape index (κ1) is 23.1. The number of hydrogen-bond donors (Lipinski definition) is 1. The first-order chi connectivity index (χ1) is 15.7. The predicted molar refractivity (Wildman–Crippen MR) is 128 cm³/mol. The number of carbonyl (C=O) groups excluding carboxylic acids is 2. The average Bonchev–Trinajstić information content (AvgIpc) is 2.76. The Kier molecular flexibility index (Phi) is 6.35. The van der Waals surface area contributed by atoms with Crippen LogP contribution in [0.2, 0.25) is 5.02 Å². The molecule has 2 aromatic rings. The Morgan fingerprint density at radius 3 is 2.39 bits per heavy atom. The molecule has 1 unspecified atom stereocenters. The topological polar surface area (TPSA) is 64.6 Å². The molecular formula is C27H28ClNO4. The third-order valence-corrected chi connectivity index (χ3v) is 6.44. The third kappa shape index (κ3) is 4.83. The van der Waals surface area contributed by atoms with Crippen LogP contribution in [0.15, 0.2) is 71.1 Å². The molecule has 0 saturated carbocycles. The number of allylic oxidation sites excluding steroid dienone is 3. The minimum atomic E-state index is -0.495. The van der Waals surface area contributed by atoms with Crippen LogP contribution in [0.4, 0.5) is 0 Å². The van der Waals surface area contributed by atoms with Crippen molar-refractivity contribution in [2.24, 2.45) is 5.41 Å². The number of methoxy groups -OCH3 is 1. The minimum Gasteiger partial charge on any atom is -0.497 e. The molecule has 0 aromatic heterocycles. The zero-order valence-corrected chi connectivity index (χ0v) is 20.1. The van der Waals surface area contributed by atoms with E-state index in [2.05, 4.69) is 19.2 Å². The maximum atomic E-state index is 13.4. The van der Waals surface area contributed by atoms with Crippen molar-refractivity contribution in [1.29, 1.82) is 0 Å². The number of esters is 1. The number of halogens is 1. The molecule has 1 aliphatic heterocycles. The molecule has 0 amide bonds. The van der Waals surface area contributed by atoms with E-state index in [0.29, 0.717) is 28.3 Å². The lowest BCUT2D eigenvalue weighted by Gasteiger charge is -2.39. The standard InChI is InChI=1S/C27H28ClNO4/c1-16-23(26(31)33-15-17-5-11-20(32-4)12-6-17)24(18-7-9-19(28)10-8-18)25-21(29-16)13-27(2,3)14-22(25)30/h5-12,24,29H,13-15H2,1-4H3. The monoisotopic (exact) mass is 465 g/mol. The van der Waals surface area contributed by atoms with Crippen molar-refractivity contribution < 1.29 is 19.1 Å². The van der Waals surface area contributed by atoms with Crippen LogP contribution in [-0.4, -0.2) is 18.9 Å². The summed E-state index contributed by atoms with van der Waals surface area (Å²) in [5.41, 5.74) is 4.26. The van der Waals surface area contributed by atoms with Gasteiger partial charge in [-0.15, -0.1) is 0 Å². The summed E-state index contributed by atoms with van der Waals surface area (Å²) in [5, 5.41) is 3.95. The van der Waals surface area contributed by atoms with Gasteiger partial charge in [0, 0.05) is 34.3 Å². The molecule has 1 heterocycles. The molecule has 0 saturated heterocycles. The lowest BCUT2D eigenvalue weighted by Crippen LogP contribution is -2.38. The molecule has 0 radical (unpaired) electrons. The molecule has 6 heteroatoms. The molecule has 1 atom stereocenters. The molecule has 2 aromatic carbocycles. The fourth-order valence-corrected chi connectivity index (χ4v) is 4.77. The number of benzene rings is 2. The summed E-state index contributed by atoms with van der Waals surface area (Å²) in [4.78, 5) is 26.7. The summed E-state index contributed by atoms with van der Waals surface area (Å²) in [5.74, 6) is -0.145. The quantitative estimate of drug-likeness (QED) is 0.574. The molecule has 1 aliphatic carbocycles. The van der Waals surface area contributed by atoms with Crippen LogP contribution >= 0.6 is 11.6 Å². The number of ether oxygens (including phenoxy) is 2. The van der Waals surface area contributed by atoms with Crippen LogP contribution < -0.4 is 10.1 Å². The predicted octanol–water partition coefficient (Wildman–Crippen LogP) is 5.70. The van der Waals surface area contributed by atoms with Gasteiger partial charge in [-0.1, -0.05) is 49.7 Å². The van der Waals surface area contributed by atoms with Gasteiger partial charge in [0.2, 0.25) is 0 Å². The summed E-state index contributed by atoms with van der Waals surface area (Å²) >= 11 is 6.12. The van der Waals surface area contributed by atoms with Gasteiger partial charge in [-0.3, -0.25) is 4.79 Å². The van der Waals surface area contributed by atoms with Crippen molar-refractivity contribution in [3.63, 3.8) is 0 Å². The highest BCUT2D eigenvalue weighted by Crippen LogP contribution is 2.46. The second kappa shape index (κ2) is 9.06. The number of ketones is 1. The first-order valence-corrected chi connectivity index (χ1v) is 11.4. The molecular weight excluding hydrogens is 438 g/mol. The van der Waals surface area contributed by atoms with Gasteiger partial charge in [0.25, 0.3) is 0 Å². The van der Waals surface area contributed by atoms with E-state index in [4.69, 9.17) is 21.1 Å².